The Morgan fingerprint density at radius 1 is 1.29 bits per heavy atom. The minimum atomic E-state index is 0. The number of hydrogen-bond donors (Lipinski definition) is 1. The van der Waals surface area contributed by atoms with Gasteiger partial charge in [-0.2, -0.15) is 0 Å². The number of rotatable bonds is 8. The minimum Gasteiger partial charge on any atom is -0.375 e. The molecule has 1 fully saturated rings. The number of methoxy groups -OCH3 is 1. The molecule has 0 aliphatic carbocycles. The molecule has 3 heterocycles. The Kier molecular flexibility index (Phi) is 10.8. The Morgan fingerprint density at radius 2 is 2.00 bits per heavy atom. The van der Waals surface area contributed by atoms with E-state index in [1.54, 1.807) is 30.8 Å². The lowest BCUT2D eigenvalue weighted by Crippen LogP contribution is -2.49. The highest BCUT2D eigenvalue weighted by atomic mass is 127. The number of anilines is 1. The first-order valence-corrected chi connectivity index (χ1v) is 11.1. The maximum absolute atomic E-state index is 5.35. The first-order chi connectivity index (χ1) is 14.6. The van der Waals surface area contributed by atoms with Crippen molar-refractivity contribution in [3.63, 3.8) is 0 Å². The van der Waals surface area contributed by atoms with Crippen LogP contribution in [0.15, 0.2) is 28.8 Å². The molecule has 0 radical (unpaired) electrons. The second-order valence-electron chi connectivity index (χ2n) is 7.26. The summed E-state index contributed by atoms with van der Waals surface area (Å²) in [6.45, 7) is 8.46. The summed E-state index contributed by atoms with van der Waals surface area (Å²) in [5, 5.41) is 6.56. The Balaban J connectivity index is 0.00000341. The zero-order valence-corrected chi connectivity index (χ0v) is 21.8. The van der Waals surface area contributed by atoms with Crippen LogP contribution in [0.2, 0.25) is 0 Å². The monoisotopic (exact) mass is 560 g/mol. The van der Waals surface area contributed by atoms with Gasteiger partial charge in [0.05, 0.1) is 12.2 Å². The SMILES string of the molecule is CN=C(NCCN1CCN(c2ncccn2)CC1)N(C)Cc1csc(C(C)OC)n1.I. The van der Waals surface area contributed by atoms with Gasteiger partial charge in [0.1, 0.15) is 11.1 Å². The molecule has 1 aliphatic rings. The molecule has 0 amide bonds. The molecule has 2 aromatic rings. The average molecular weight is 561 g/mol. The summed E-state index contributed by atoms with van der Waals surface area (Å²) >= 11 is 1.64. The maximum Gasteiger partial charge on any atom is 0.225 e. The van der Waals surface area contributed by atoms with Crippen LogP contribution >= 0.6 is 35.3 Å². The number of piperazine rings is 1. The molecule has 1 N–H and O–H groups in total. The van der Waals surface area contributed by atoms with Crippen LogP contribution in [0.25, 0.3) is 0 Å². The molecule has 31 heavy (non-hydrogen) atoms. The van der Waals surface area contributed by atoms with Crippen molar-refractivity contribution in [2.75, 3.05) is 65.4 Å². The van der Waals surface area contributed by atoms with E-state index in [4.69, 9.17) is 4.74 Å². The van der Waals surface area contributed by atoms with Gasteiger partial charge in [-0.15, -0.1) is 35.3 Å². The Bertz CT molecular complexity index is 797. The Morgan fingerprint density at radius 3 is 2.65 bits per heavy atom. The number of hydrogen-bond acceptors (Lipinski definition) is 8. The van der Waals surface area contributed by atoms with E-state index in [0.717, 1.165) is 61.9 Å². The van der Waals surface area contributed by atoms with Crippen LogP contribution in [0.3, 0.4) is 0 Å². The van der Waals surface area contributed by atoms with Crippen molar-refractivity contribution in [1.82, 2.24) is 30.1 Å². The van der Waals surface area contributed by atoms with Crippen molar-refractivity contribution in [2.45, 2.75) is 19.6 Å². The maximum atomic E-state index is 5.35. The van der Waals surface area contributed by atoms with E-state index in [2.05, 4.69) is 45.3 Å². The highest BCUT2D eigenvalue weighted by molar-refractivity contribution is 14.0. The van der Waals surface area contributed by atoms with Crippen LogP contribution in [0.1, 0.15) is 23.7 Å². The Labute approximate surface area is 206 Å². The summed E-state index contributed by atoms with van der Waals surface area (Å²) in [4.78, 5) is 24.6. The largest absolute Gasteiger partial charge is 0.375 e. The van der Waals surface area contributed by atoms with Gasteiger partial charge in [-0.1, -0.05) is 0 Å². The van der Waals surface area contributed by atoms with Crippen molar-refractivity contribution < 1.29 is 4.74 Å². The number of nitrogens with zero attached hydrogens (tertiary/aromatic N) is 7. The van der Waals surface area contributed by atoms with Gasteiger partial charge in [0, 0.05) is 78.2 Å². The molecular weight excluding hydrogens is 527 g/mol. The van der Waals surface area contributed by atoms with Crippen molar-refractivity contribution in [1.29, 1.82) is 0 Å². The molecule has 1 atom stereocenters. The normalized spacial score (nSPS) is 16.0. The van der Waals surface area contributed by atoms with Crippen LogP contribution < -0.4 is 10.2 Å². The molecule has 2 aromatic heterocycles. The molecule has 1 aliphatic heterocycles. The van der Waals surface area contributed by atoms with Crippen LogP contribution in [-0.2, 0) is 11.3 Å². The van der Waals surface area contributed by atoms with Crippen molar-refractivity contribution in [2.24, 2.45) is 4.99 Å². The molecule has 0 aromatic carbocycles. The fourth-order valence-corrected chi connectivity index (χ4v) is 4.18. The van der Waals surface area contributed by atoms with E-state index >= 15 is 0 Å². The van der Waals surface area contributed by atoms with Crippen molar-refractivity contribution >= 4 is 47.2 Å². The van der Waals surface area contributed by atoms with Crippen molar-refractivity contribution in [3.8, 4) is 0 Å². The van der Waals surface area contributed by atoms with Crippen LogP contribution in [0.4, 0.5) is 5.95 Å². The number of ether oxygens (including phenoxy) is 1. The van der Waals surface area contributed by atoms with Crippen LogP contribution in [0.5, 0.6) is 0 Å². The first-order valence-electron chi connectivity index (χ1n) is 10.2. The van der Waals surface area contributed by atoms with E-state index in [-0.39, 0.29) is 30.1 Å². The summed E-state index contributed by atoms with van der Waals surface area (Å²) in [7, 11) is 5.56. The fraction of sp³-hybridized carbons (Fsp3) is 0.600. The van der Waals surface area contributed by atoms with Gasteiger partial charge in [0.2, 0.25) is 5.95 Å². The zero-order valence-electron chi connectivity index (χ0n) is 18.7. The summed E-state index contributed by atoms with van der Waals surface area (Å²) in [5.41, 5.74) is 1.03. The van der Waals surface area contributed by atoms with E-state index in [1.807, 2.05) is 27.1 Å². The predicted octanol–water partition coefficient (Wildman–Crippen LogP) is 2.09. The lowest BCUT2D eigenvalue weighted by Gasteiger charge is -2.34. The zero-order chi connectivity index (χ0) is 21.3. The molecule has 0 saturated carbocycles. The summed E-state index contributed by atoms with van der Waals surface area (Å²) in [6, 6.07) is 1.85. The first kappa shape index (κ1) is 25.7. The smallest absolute Gasteiger partial charge is 0.225 e. The van der Waals surface area contributed by atoms with E-state index in [1.165, 1.54) is 0 Å². The molecule has 0 spiro atoms. The highest BCUT2D eigenvalue weighted by Gasteiger charge is 2.18. The second-order valence-corrected chi connectivity index (χ2v) is 8.15. The number of thiazole rings is 1. The van der Waals surface area contributed by atoms with E-state index in [9.17, 15) is 0 Å². The summed E-state index contributed by atoms with van der Waals surface area (Å²) < 4.78 is 5.35. The van der Waals surface area contributed by atoms with Crippen LogP contribution in [0, 0.1) is 0 Å². The quantitative estimate of drug-likeness (QED) is 0.299. The van der Waals surface area contributed by atoms with Gasteiger partial charge in [0.15, 0.2) is 5.96 Å². The van der Waals surface area contributed by atoms with Crippen LogP contribution in [-0.4, -0.2) is 91.2 Å². The third-order valence-electron chi connectivity index (χ3n) is 5.16. The average Bonchev–Trinajstić information content (AvgIpc) is 3.25. The van der Waals surface area contributed by atoms with Crippen molar-refractivity contribution in [3.05, 3.63) is 34.5 Å². The molecule has 1 saturated heterocycles. The molecule has 1 unspecified atom stereocenters. The molecular formula is C20H33IN8OS. The molecule has 9 nitrogen and oxygen atoms in total. The van der Waals surface area contributed by atoms with E-state index in [0.29, 0.717) is 6.54 Å². The van der Waals surface area contributed by atoms with E-state index < -0.39 is 0 Å². The van der Waals surface area contributed by atoms with Gasteiger partial charge >= 0.3 is 0 Å². The van der Waals surface area contributed by atoms with Gasteiger partial charge in [-0.3, -0.25) is 9.89 Å². The number of aliphatic imine (C=N–C) groups is 1. The lowest BCUT2D eigenvalue weighted by molar-refractivity contribution is 0.119. The Hall–Kier alpha value is -1.57. The number of nitrogens with one attached hydrogen (secondary N) is 1. The van der Waals surface area contributed by atoms with Gasteiger partial charge < -0.3 is 19.9 Å². The summed E-state index contributed by atoms with van der Waals surface area (Å²) in [6.07, 6.45) is 3.62. The standard InChI is InChI=1S/C20H32N8OS.HI/c1-16(29-4)18-25-17(15-30-18)14-26(3)19(21-2)24-8-9-27-10-12-28(13-11-27)20-22-6-5-7-23-20;/h5-7,15-16H,8-14H2,1-4H3,(H,21,24);1H. The van der Waals surface area contributed by atoms with Gasteiger partial charge in [-0.05, 0) is 13.0 Å². The minimum absolute atomic E-state index is 0. The number of guanidine groups is 1. The fourth-order valence-electron chi connectivity index (χ4n) is 3.34. The van der Waals surface area contributed by atoms with Gasteiger partial charge in [-0.25, -0.2) is 15.0 Å². The second kappa shape index (κ2) is 13.1. The molecule has 0 bridgehead atoms. The summed E-state index contributed by atoms with van der Waals surface area (Å²) in [5.74, 6) is 1.70. The predicted molar refractivity (Wildman–Crippen MR) is 136 cm³/mol. The molecule has 172 valence electrons. The molecule has 3 rings (SSSR count). The third kappa shape index (κ3) is 7.51. The number of halogens is 1. The molecule has 11 heteroatoms. The highest BCUT2D eigenvalue weighted by Crippen LogP contribution is 2.20. The van der Waals surface area contributed by atoms with Gasteiger partial charge in [0.25, 0.3) is 0 Å². The third-order valence-corrected chi connectivity index (χ3v) is 6.22. The number of aromatic nitrogens is 3. The topological polar surface area (TPSA) is 82.0 Å². The lowest BCUT2D eigenvalue weighted by atomic mass is 10.3.